The van der Waals surface area contributed by atoms with Gasteiger partial charge in [-0.05, 0) is 23.8 Å². The van der Waals surface area contributed by atoms with Gasteiger partial charge >= 0.3 is 0 Å². The zero-order valence-corrected chi connectivity index (χ0v) is 8.49. The fourth-order valence-corrected chi connectivity index (χ4v) is 1.65. The molecule has 1 aromatic heterocycles. The minimum absolute atomic E-state index is 0.0962. The van der Waals surface area contributed by atoms with E-state index in [9.17, 15) is 4.21 Å². The topological polar surface area (TPSA) is 86.7 Å². The molecule has 1 heterocycles. The maximum atomic E-state index is 10.8. The highest BCUT2D eigenvalue weighted by atomic mass is 32.2. The van der Waals surface area contributed by atoms with E-state index in [2.05, 4.69) is 15.5 Å². The number of hydrogen-bond donors (Lipinski definition) is 1. The molecule has 2 unspecified atom stereocenters. The Bertz CT molecular complexity index is 299. The molecule has 13 heavy (non-hydrogen) atoms. The van der Waals surface area contributed by atoms with Crippen molar-refractivity contribution < 1.29 is 4.21 Å². The predicted molar refractivity (Wildman–Crippen MR) is 50.5 cm³/mol. The highest BCUT2D eigenvalue weighted by Gasteiger charge is 2.10. The van der Waals surface area contributed by atoms with E-state index >= 15 is 0 Å². The number of tetrazole rings is 1. The molecule has 0 radical (unpaired) electrons. The van der Waals surface area contributed by atoms with Gasteiger partial charge in [-0.3, -0.25) is 4.21 Å². The van der Waals surface area contributed by atoms with Crippen molar-refractivity contribution in [3.05, 3.63) is 0 Å². The van der Waals surface area contributed by atoms with Crippen LogP contribution in [0.3, 0.4) is 0 Å². The average molecular weight is 203 g/mol. The summed E-state index contributed by atoms with van der Waals surface area (Å²) in [6.07, 6.45) is 2.44. The van der Waals surface area contributed by atoms with Crippen LogP contribution in [0, 0.1) is 0 Å². The summed E-state index contributed by atoms with van der Waals surface area (Å²) >= 11 is 0. The number of nitrogens with zero attached hydrogens (tertiary/aromatic N) is 4. The molecule has 1 rings (SSSR count). The Balaban J connectivity index is 2.53. The molecule has 0 spiro atoms. The first-order valence-electron chi connectivity index (χ1n) is 3.94. The van der Waals surface area contributed by atoms with Gasteiger partial charge in [0.2, 0.25) is 5.95 Å². The van der Waals surface area contributed by atoms with Gasteiger partial charge in [0, 0.05) is 22.8 Å². The van der Waals surface area contributed by atoms with Crippen molar-refractivity contribution in [2.24, 2.45) is 0 Å². The van der Waals surface area contributed by atoms with Crippen LogP contribution in [0.5, 0.6) is 0 Å². The van der Waals surface area contributed by atoms with Crippen molar-refractivity contribution in [3.63, 3.8) is 0 Å². The Morgan fingerprint density at radius 3 is 2.85 bits per heavy atom. The van der Waals surface area contributed by atoms with Crippen LogP contribution in [-0.4, -0.2) is 36.4 Å². The number of rotatable bonds is 4. The second kappa shape index (κ2) is 4.31. The third-order valence-corrected chi connectivity index (χ3v) is 2.57. The average Bonchev–Trinajstić information content (AvgIpc) is 2.47. The summed E-state index contributed by atoms with van der Waals surface area (Å²) in [5, 5.41) is 10.7. The lowest BCUT2D eigenvalue weighted by molar-refractivity contribution is 0.471. The van der Waals surface area contributed by atoms with E-state index in [0.29, 0.717) is 11.7 Å². The van der Waals surface area contributed by atoms with Crippen LogP contribution in [0.4, 0.5) is 5.95 Å². The Morgan fingerprint density at radius 2 is 2.38 bits per heavy atom. The fraction of sp³-hybridized carbons (Fsp3) is 0.833. The van der Waals surface area contributed by atoms with Crippen molar-refractivity contribution >= 4 is 16.7 Å². The van der Waals surface area contributed by atoms with Gasteiger partial charge in [0.05, 0.1) is 6.04 Å². The van der Waals surface area contributed by atoms with Gasteiger partial charge in [-0.1, -0.05) is 5.10 Å². The lowest BCUT2D eigenvalue weighted by Crippen LogP contribution is -2.13. The second-order valence-corrected chi connectivity index (χ2v) is 4.45. The molecule has 0 amide bonds. The van der Waals surface area contributed by atoms with Gasteiger partial charge in [0.15, 0.2) is 0 Å². The molecule has 0 aliphatic carbocycles. The first-order chi connectivity index (χ1) is 6.11. The van der Waals surface area contributed by atoms with Crippen LogP contribution < -0.4 is 5.73 Å². The zero-order chi connectivity index (χ0) is 9.84. The summed E-state index contributed by atoms with van der Waals surface area (Å²) in [6, 6.07) is 0.0962. The van der Waals surface area contributed by atoms with Crippen LogP contribution in [0.25, 0.3) is 0 Å². The molecule has 7 heteroatoms. The number of nitrogen functional groups attached to an aromatic ring is 1. The van der Waals surface area contributed by atoms with Gasteiger partial charge in [0.25, 0.3) is 0 Å². The quantitative estimate of drug-likeness (QED) is 0.718. The van der Waals surface area contributed by atoms with E-state index < -0.39 is 10.8 Å². The van der Waals surface area contributed by atoms with E-state index in [1.807, 2.05) is 6.92 Å². The molecule has 0 saturated heterocycles. The maximum absolute atomic E-state index is 10.8. The third kappa shape index (κ3) is 2.76. The first kappa shape index (κ1) is 10.1. The molecule has 0 fully saturated rings. The highest BCUT2D eigenvalue weighted by molar-refractivity contribution is 7.84. The largest absolute Gasteiger partial charge is 0.367 e. The van der Waals surface area contributed by atoms with E-state index in [4.69, 9.17) is 5.73 Å². The normalized spacial score (nSPS) is 15.5. The molecule has 0 aliphatic rings. The molecule has 2 N–H and O–H groups in total. The molecule has 0 aliphatic heterocycles. The minimum atomic E-state index is -0.777. The fourth-order valence-electron chi connectivity index (χ4n) is 0.973. The first-order valence-corrected chi connectivity index (χ1v) is 5.67. The van der Waals surface area contributed by atoms with E-state index in [1.54, 1.807) is 6.26 Å². The molecule has 6 nitrogen and oxygen atoms in total. The van der Waals surface area contributed by atoms with Crippen molar-refractivity contribution in [2.45, 2.75) is 19.4 Å². The summed E-state index contributed by atoms with van der Waals surface area (Å²) in [5.74, 6) is 0.940. The van der Waals surface area contributed by atoms with Crippen LogP contribution in [0.2, 0.25) is 0 Å². The SMILES string of the molecule is CC(CCS(C)=O)n1nnnc1N. The molecule has 2 atom stereocenters. The number of anilines is 1. The van der Waals surface area contributed by atoms with Crippen molar-refractivity contribution in [1.82, 2.24) is 20.2 Å². The third-order valence-electron chi connectivity index (χ3n) is 1.76. The predicted octanol–water partition coefficient (Wildman–Crippen LogP) is -0.415. The molecule has 74 valence electrons. The van der Waals surface area contributed by atoms with Crippen molar-refractivity contribution in [1.29, 1.82) is 0 Å². The summed E-state index contributed by atoms with van der Waals surface area (Å²) in [6.45, 7) is 1.94. The Kier molecular flexibility index (Phi) is 3.35. The Morgan fingerprint density at radius 1 is 1.69 bits per heavy atom. The van der Waals surface area contributed by atoms with E-state index in [0.717, 1.165) is 6.42 Å². The van der Waals surface area contributed by atoms with Gasteiger partial charge in [-0.15, -0.1) is 0 Å². The lowest BCUT2D eigenvalue weighted by Gasteiger charge is -2.09. The van der Waals surface area contributed by atoms with Crippen molar-refractivity contribution in [3.8, 4) is 0 Å². The number of hydrogen-bond acceptors (Lipinski definition) is 5. The Labute approximate surface area is 79.0 Å². The molecule has 0 aromatic carbocycles. The second-order valence-electron chi connectivity index (χ2n) is 2.90. The summed E-state index contributed by atoms with van der Waals surface area (Å²) in [4.78, 5) is 0. The summed E-state index contributed by atoms with van der Waals surface area (Å²) in [7, 11) is -0.777. The molecule has 0 bridgehead atoms. The molecule has 1 aromatic rings. The van der Waals surface area contributed by atoms with Crippen LogP contribution in [-0.2, 0) is 10.8 Å². The van der Waals surface area contributed by atoms with E-state index in [1.165, 1.54) is 4.68 Å². The Hall–Kier alpha value is -0.980. The molecular formula is C6H13N5OS. The lowest BCUT2D eigenvalue weighted by atomic mass is 10.3. The number of aromatic nitrogens is 4. The molecular weight excluding hydrogens is 190 g/mol. The van der Waals surface area contributed by atoms with Gasteiger partial charge < -0.3 is 5.73 Å². The number of nitrogens with two attached hydrogens (primary N) is 1. The minimum Gasteiger partial charge on any atom is -0.367 e. The monoisotopic (exact) mass is 203 g/mol. The maximum Gasteiger partial charge on any atom is 0.240 e. The summed E-state index contributed by atoms with van der Waals surface area (Å²) < 4.78 is 12.4. The molecule has 0 saturated carbocycles. The highest BCUT2D eigenvalue weighted by Crippen LogP contribution is 2.11. The standard InChI is InChI=1S/C6H13N5OS/c1-5(3-4-13(2)12)11-6(7)8-9-10-11/h5H,3-4H2,1-2H3,(H2,7,8,10). The summed E-state index contributed by atoms with van der Waals surface area (Å²) in [5.41, 5.74) is 5.50. The van der Waals surface area contributed by atoms with E-state index in [-0.39, 0.29) is 6.04 Å². The van der Waals surface area contributed by atoms with Crippen LogP contribution in [0.1, 0.15) is 19.4 Å². The van der Waals surface area contributed by atoms with Gasteiger partial charge in [0.1, 0.15) is 0 Å². The van der Waals surface area contributed by atoms with Crippen molar-refractivity contribution in [2.75, 3.05) is 17.7 Å². The zero-order valence-electron chi connectivity index (χ0n) is 7.67. The van der Waals surface area contributed by atoms with Crippen LogP contribution in [0.15, 0.2) is 0 Å². The van der Waals surface area contributed by atoms with Gasteiger partial charge in [-0.25, -0.2) is 4.68 Å². The smallest absolute Gasteiger partial charge is 0.240 e. The van der Waals surface area contributed by atoms with Gasteiger partial charge in [-0.2, -0.15) is 0 Å². The van der Waals surface area contributed by atoms with Crippen LogP contribution >= 0.6 is 0 Å².